The van der Waals surface area contributed by atoms with Gasteiger partial charge in [-0.05, 0) is 48.4 Å². The van der Waals surface area contributed by atoms with Crippen LogP contribution in [0.4, 0.5) is 0 Å². The first kappa shape index (κ1) is 18.8. The van der Waals surface area contributed by atoms with Crippen LogP contribution in [0.15, 0.2) is 45.6 Å². The maximum atomic E-state index is 12.6. The first-order chi connectivity index (χ1) is 12.7. The van der Waals surface area contributed by atoms with Crippen LogP contribution < -0.4 is 19.3 Å². The van der Waals surface area contributed by atoms with Gasteiger partial charge in [-0.15, -0.1) is 0 Å². The highest BCUT2D eigenvalue weighted by atomic mass is 32.2. The van der Waals surface area contributed by atoms with E-state index in [0.717, 1.165) is 6.26 Å². The molecule has 3 aromatic rings. The van der Waals surface area contributed by atoms with Crippen LogP contribution in [0, 0.1) is 6.92 Å². The smallest absolute Gasteiger partial charge is 0.344 e. The third kappa shape index (κ3) is 3.75. The molecule has 0 fully saturated rings. The Bertz CT molecular complexity index is 1180. The maximum absolute atomic E-state index is 12.6. The molecule has 0 unspecified atom stereocenters. The van der Waals surface area contributed by atoms with E-state index in [1.54, 1.807) is 25.1 Å². The van der Waals surface area contributed by atoms with Crippen molar-refractivity contribution in [3.05, 3.63) is 52.4 Å². The van der Waals surface area contributed by atoms with Gasteiger partial charge in [-0.3, -0.25) is 0 Å². The van der Waals surface area contributed by atoms with E-state index in [0.29, 0.717) is 39.2 Å². The van der Waals surface area contributed by atoms with Gasteiger partial charge in [0.15, 0.2) is 11.5 Å². The van der Waals surface area contributed by atoms with Crippen molar-refractivity contribution in [2.75, 3.05) is 20.5 Å². The highest BCUT2D eigenvalue weighted by Crippen LogP contribution is 2.34. The summed E-state index contributed by atoms with van der Waals surface area (Å²) in [4.78, 5) is 12.6. The fourth-order valence-electron chi connectivity index (χ4n) is 2.88. The van der Waals surface area contributed by atoms with Gasteiger partial charge in [-0.25, -0.2) is 4.79 Å². The minimum atomic E-state index is -3.67. The van der Waals surface area contributed by atoms with Gasteiger partial charge in [-0.2, -0.15) is 8.42 Å². The van der Waals surface area contributed by atoms with Gasteiger partial charge in [0.2, 0.25) is 0 Å². The van der Waals surface area contributed by atoms with E-state index in [2.05, 4.69) is 0 Å². The highest BCUT2D eigenvalue weighted by molar-refractivity contribution is 7.86. The Morgan fingerprint density at radius 2 is 1.67 bits per heavy atom. The van der Waals surface area contributed by atoms with Crippen molar-refractivity contribution >= 4 is 21.1 Å². The second kappa shape index (κ2) is 6.96. The zero-order valence-electron chi connectivity index (χ0n) is 15.2. The number of benzene rings is 2. The molecule has 0 aliphatic carbocycles. The SMILES string of the molecule is COc1ccc(-c2c(C)c3cc(OS(C)(=O)=O)ccc3oc2=O)cc1OC. The molecule has 0 radical (unpaired) electrons. The van der Waals surface area contributed by atoms with Crippen LogP contribution in [0.25, 0.3) is 22.1 Å². The Morgan fingerprint density at radius 3 is 2.30 bits per heavy atom. The summed E-state index contributed by atoms with van der Waals surface area (Å²) in [6.45, 7) is 1.76. The van der Waals surface area contributed by atoms with Gasteiger partial charge >= 0.3 is 15.7 Å². The third-order valence-corrected chi connectivity index (χ3v) is 4.55. The van der Waals surface area contributed by atoms with Crippen LogP contribution in [0.2, 0.25) is 0 Å². The van der Waals surface area contributed by atoms with Crippen molar-refractivity contribution in [1.82, 2.24) is 0 Å². The van der Waals surface area contributed by atoms with E-state index in [9.17, 15) is 13.2 Å². The van der Waals surface area contributed by atoms with Gasteiger partial charge in [0.05, 0.1) is 26.0 Å². The number of methoxy groups -OCH3 is 2. The van der Waals surface area contributed by atoms with Crippen molar-refractivity contribution in [1.29, 1.82) is 0 Å². The summed E-state index contributed by atoms with van der Waals surface area (Å²) in [6.07, 6.45) is 0.963. The Kier molecular flexibility index (Phi) is 4.84. The molecular formula is C19H18O7S. The Morgan fingerprint density at radius 1 is 0.963 bits per heavy atom. The molecule has 27 heavy (non-hydrogen) atoms. The number of hydrogen-bond acceptors (Lipinski definition) is 7. The van der Waals surface area contributed by atoms with Gasteiger partial charge in [0.1, 0.15) is 11.3 Å². The molecule has 0 aliphatic rings. The molecule has 142 valence electrons. The maximum Gasteiger partial charge on any atom is 0.344 e. The molecule has 8 heteroatoms. The predicted molar refractivity (Wildman–Crippen MR) is 101 cm³/mol. The summed E-state index contributed by atoms with van der Waals surface area (Å²) >= 11 is 0. The molecule has 0 aliphatic heterocycles. The molecular weight excluding hydrogens is 372 g/mol. The summed E-state index contributed by atoms with van der Waals surface area (Å²) in [5, 5.41) is 0.570. The topological polar surface area (TPSA) is 92.0 Å². The third-order valence-electron chi connectivity index (χ3n) is 4.06. The monoisotopic (exact) mass is 390 g/mol. The lowest BCUT2D eigenvalue weighted by molar-refractivity contribution is 0.355. The fourth-order valence-corrected chi connectivity index (χ4v) is 3.34. The van der Waals surface area contributed by atoms with Crippen molar-refractivity contribution in [3.63, 3.8) is 0 Å². The molecule has 7 nitrogen and oxygen atoms in total. The normalized spacial score (nSPS) is 11.4. The minimum Gasteiger partial charge on any atom is -0.493 e. The van der Waals surface area contributed by atoms with E-state index in [1.165, 1.54) is 32.4 Å². The average Bonchev–Trinajstić information content (AvgIpc) is 2.61. The van der Waals surface area contributed by atoms with Crippen LogP contribution in [-0.4, -0.2) is 28.9 Å². The predicted octanol–water partition coefficient (Wildman–Crippen LogP) is 3.12. The van der Waals surface area contributed by atoms with Crippen LogP contribution in [-0.2, 0) is 10.1 Å². The van der Waals surface area contributed by atoms with E-state index >= 15 is 0 Å². The standard InChI is InChI=1S/C19H18O7S/c1-11-14-10-13(26-27(4,21)22)6-8-15(14)25-19(20)18(11)12-5-7-16(23-2)17(9-12)24-3/h5-10H,1-4H3. The molecule has 0 saturated heterocycles. The summed E-state index contributed by atoms with van der Waals surface area (Å²) < 4.78 is 43.6. The van der Waals surface area contributed by atoms with Crippen LogP contribution in [0.5, 0.6) is 17.2 Å². The molecule has 1 heterocycles. The Hall–Kier alpha value is -3.00. The molecule has 0 amide bonds. The molecule has 0 bridgehead atoms. The van der Waals surface area contributed by atoms with E-state index in [4.69, 9.17) is 18.1 Å². The van der Waals surface area contributed by atoms with E-state index < -0.39 is 15.7 Å². The van der Waals surface area contributed by atoms with Gasteiger partial charge in [0.25, 0.3) is 0 Å². The van der Waals surface area contributed by atoms with Crippen molar-refractivity contribution in [2.45, 2.75) is 6.92 Å². The molecule has 0 atom stereocenters. The number of rotatable bonds is 5. The Labute approximate surface area is 156 Å². The molecule has 0 saturated carbocycles. The number of ether oxygens (including phenoxy) is 2. The first-order valence-corrected chi connectivity index (χ1v) is 9.74. The van der Waals surface area contributed by atoms with Crippen molar-refractivity contribution in [2.24, 2.45) is 0 Å². The zero-order chi connectivity index (χ0) is 19.8. The summed E-state index contributed by atoms with van der Waals surface area (Å²) in [5.41, 5.74) is 1.40. The largest absolute Gasteiger partial charge is 0.493 e. The summed E-state index contributed by atoms with van der Waals surface area (Å²) in [6, 6.07) is 9.56. The number of fused-ring (bicyclic) bond motifs is 1. The van der Waals surface area contributed by atoms with E-state index in [1.807, 2.05) is 0 Å². The summed E-state index contributed by atoms with van der Waals surface area (Å²) in [7, 11) is -0.638. The molecule has 0 spiro atoms. The zero-order valence-corrected chi connectivity index (χ0v) is 16.0. The number of hydrogen-bond donors (Lipinski definition) is 0. The van der Waals surface area contributed by atoms with Crippen LogP contribution in [0.3, 0.4) is 0 Å². The second-order valence-corrected chi connectivity index (χ2v) is 7.48. The lowest BCUT2D eigenvalue weighted by atomic mass is 9.99. The highest BCUT2D eigenvalue weighted by Gasteiger charge is 2.17. The second-order valence-electron chi connectivity index (χ2n) is 5.90. The van der Waals surface area contributed by atoms with Crippen LogP contribution in [0.1, 0.15) is 5.56 Å². The van der Waals surface area contributed by atoms with Crippen molar-refractivity contribution in [3.8, 4) is 28.4 Å². The van der Waals surface area contributed by atoms with Gasteiger partial charge in [0, 0.05) is 5.39 Å². The van der Waals surface area contributed by atoms with E-state index in [-0.39, 0.29) is 5.75 Å². The quantitative estimate of drug-likeness (QED) is 0.488. The van der Waals surface area contributed by atoms with Gasteiger partial charge in [-0.1, -0.05) is 6.07 Å². The molecule has 0 N–H and O–H groups in total. The summed E-state index contributed by atoms with van der Waals surface area (Å²) in [5.74, 6) is 1.15. The number of aryl methyl sites for hydroxylation is 1. The van der Waals surface area contributed by atoms with Crippen LogP contribution >= 0.6 is 0 Å². The Balaban J connectivity index is 2.23. The van der Waals surface area contributed by atoms with Gasteiger partial charge < -0.3 is 18.1 Å². The lowest BCUT2D eigenvalue weighted by Gasteiger charge is -2.12. The lowest BCUT2D eigenvalue weighted by Crippen LogP contribution is -2.08. The fraction of sp³-hybridized carbons (Fsp3) is 0.211. The average molecular weight is 390 g/mol. The molecule has 1 aromatic heterocycles. The molecule has 2 aromatic carbocycles. The minimum absolute atomic E-state index is 0.139. The van der Waals surface area contributed by atoms with Crippen molar-refractivity contribution < 1.29 is 26.5 Å². The first-order valence-electron chi connectivity index (χ1n) is 7.93. The molecule has 3 rings (SSSR count).